The summed E-state index contributed by atoms with van der Waals surface area (Å²) in [5.41, 5.74) is 0.533. The molecule has 9 heteroatoms. The second kappa shape index (κ2) is 9.33. The molecule has 0 aliphatic heterocycles. The van der Waals surface area contributed by atoms with E-state index in [1.807, 2.05) is 30.3 Å². The minimum Gasteiger partial charge on any atom is -0.481 e. The fourth-order valence-corrected chi connectivity index (χ4v) is 4.09. The first kappa shape index (κ1) is 22.3. The van der Waals surface area contributed by atoms with Gasteiger partial charge in [-0.3, -0.25) is 4.79 Å². The standard InChI is InChI=1S/C24H17F3N2O3S/c25-24(26,27)16-5-4-6-17(13-16)28-23-29-22(20(33-23)14-21(30)31)15-9-11-19(12-10-15)32-18-7-2-1-3-8-18/h1-13H,14H2,(H,28,29)(H,30,31). The molecule has 0 aliphatic carbocycles. The fraction of sp³-hybridized carbons (Fsp3) is 0.0833. The zero-order valence-electron chi connectivity index (χ0n) is 17.0. The highest BCUT2D eigenvalue weighted by Crippen LogP contribution is 2.36. The van der Waals surface area contributed by atoms with Crippen LogP contribution in [-0.4, -0.2) is 16.1 Å². The van der Waals surface area contributed by atoms with Crippen molar-refractivity contribution in [3.63, 3.8) is 0 Å². The van der Waals surface area contributed by atoms with Gasteiger partial charge in [0.25, 0.3) is 0 Å². The number of hydrogen-bond donors (Lipinski definition) is 2. The topological polar surface area (TPSA) is 71.5 Å². The van der Waals surface area contributed by atoms with Crippen LogP contribution in [-0.2, 0) is 17.4 Å². The molecule has 168 valence electrons. The predicted octanol–water partition coefficient (Wildman–Crippen LogP) is 6.99. The summed E-state index contributed by atoms with van der Waals surface area (Å²) in [5, 5.41) is 12.4. The quantitative estimate of drug-likeness (QED) is 0.305. The van der Waals surface area contributed by atoms with Gasteiger partial charge in [-0.2, -0.15) is 13.2 Å². The number of carbonyl (C=O) groups is 1. The van der Waals surface area contributed by atoms with Gasteiger partial charge < -0.3 is 15.2 Å². The third-order valence-corrected chi connectivity index (χ3v) is 5.53. The molecule has 0 amide bonds. The molecular formula is C24H17F3N2O3S. The number of nitrogens with one attached hydrogen (secondary N) is 1. The number of hydrogen-bond acceptors (Lipinski definition) is 5. The minimum atomic E-state index is -4.47. The molecule has 1 aromatic heterocycles. The normalized spacial score (nSPS) is 11.2. The van der Waals surface area contributed by atoms with Gasteiger partial charge in [-0.25, -0.2) is 4.98 Å². The van der Waals surface area contributed by atoms with Crippen LogP contribution in [0.25, 0.3) is 11.3 Å². The Bertz CT molecular complexity index is 1260. The molecule has 0 saturated carbocycles. The van der Waals surface area contributed by atoms with Crippen molar-refractivity contribution >= 4 is 28.1 Å². The van der Waals surface area contributed by atoms with Gasteiger partial charge in [0.05, 0.1) is 17.7 Å². The number of thiazole rings is 1. The first-order valence-electron chi connectivity index (χ1n) is 9.77. The van der Waals surface area contributed by atoms with E-state index in [2.05, 4.69) is 10.3 Å². The Kier molecular flexibility index (Phi) is 6.32. The van der Waals surface area contributed by atoms with Crippen LogP contribution in [0.15, 0.2) is 78.9 Å². The van der Waals surface area contributed by atoms with Gasteiger partial charge in [0.2, 0.25) is 0 Å². The Balaban J connectivity index is 1.60. The number of para-hydroxylation sites is 1. The highest BCUT2D eigenvalue weighted by Gasteiger charge is 2.30. The molecule has 0 bridgehead atoms. The second-order valence-electron chi connectivity index (χ2n) is 7.00. The first-order chi connectivity index (χ1) is 15.8. The lowest BCUT2D eigenvalue weighted by atomic mass is 10.1. The van der Waals surface area contributed by atoms with Crippen molar-refractivity contribution in [3.05, 3.63) is 89.3 Å². The number of carboxylic acids is 1. The van der Waals surface area contributed by atoms with Gasteiger partial charge in [0, 0.05) is 16.1 Å². The van der Waals surface area contributed by atoms with E-state index in [0.29, 0.717) is 32.8 Å². The third kappa shape index (κ3) is 5.69. The van der Waals surface area contributed by atoms with Gasteiger partial charge in [-0.05, 0) is 54.6 Å². The monoisotopic (exact) mass is 470 g/mol. The van der Waals surface area contributed by atoms with Gasteiger partial charge in [-0.1, -0.05) is 24.3 Å². The van der Waals surface area contributed by atoms with Crippen molar-refractivity contribution in [2.75, 3.05) is 5.32 Å². The average Bonchev–Trinajstić information content (AvgIpc) is 3.16. The summed E-state index contributed by atoms with van der Waals surface area (Å²) in [5.74, 6) is 0.245. The number of nitrogens with zero attached hydrogens (tertiary/aromatic N) is 1. The molecule has 5 nitrogen and oxygen atoms in total. The van der Waals surface area contributed by atoms with Crippen molar-refractivity contribution in [2.24, 2.45) is 0 Å². The molecule has 33 heavy (non-hydrogen) atoms. The van der Waals surface area contributed by atoms with Gasteiger partial charge in [-0.15, -0.1) is 11.3 Å². The van der Waals surface area contributed by atoms with Crippen LogP contribution in [0.1, 0.15) is 10.4 Å². The van der Waals surface area contributed by atoms with Gasteiger partial charge >= 0.3 is 12.1 Å². The molecule has 0 fully saturated rings. The fourth-order valence-electron chi connectivity index (χ4n) is 3.09. The van der Waals surface area contributed by atoms with Crippen LogP contribution in [0.3, 0.4) is 0 Å². The molecule has 4 rings (SSSR count). The van der Waals surface area contributed by atoms with E-state index in [9.17, 15) is 23.1 Å². The summed E-state index contributed by atoms with van der Waals surface area (Å²) in [7, 11) is 0. The van der Waals surface area contributed by atoms with Gasteiger partial charge in [0.15, 0.2) is 5.13 Å². The SMILES string of the molecule is O=C(O)Cc1sc(Nc2cccc(C(F)(F)F)c2)nc1-c1ccc(Oc2ccccc2)cc1. The molecule has 0 atom stereocenters. The lowest BCUT2D eigenvalue weighted by molar-refractivity contribution is -0.138. The molecule has 4 aromatic rings. The zero-order chi connectivity index (χ0) is 23.4. The zero-order valence-corrected chi connectivity index (χ0v) is 17.8. The van der Waals surface area contributed by atoms with Crippen LogP contribution >= 0.6 is 11.3 Å². The van der Waals surface area contributed by atoms with E-state index in [1.54, 1.807) is 24.3 Å². The summed E-state index contributed by atoms with van der Waals surface area (Å²) in [6, 6.07) is 21.0. The Hall–Kier alpha value is -3.85. The maximum Gasteiger partial charge on any atom is 0.416 e. The van der Waals surface area contributed by atoms with E-state index >= 15 is 0 Å². The molecule has 0 aliphatic rings. The number of benzene rings is 3. The lowest BCUT2D eigenvalue weighted by Gasteiger charge is -2.09. The van der Waals surface area contributed by atoms with Gasteiger partial charge in [0.1, 0.15) is 11.5 Å². The molecule has 1 heterocycles. The maximum atomic E-state index is 13.0. The molecular weight excluding hydrogens is 453 g/mol. The number of ether oxygens (including phenoxy) is 1. The van der Waals surface area contributed by atoms with E-state index in [-0.39, 0.29) is 12.1 Å². The van der Waals surface area contributed by atoms with Crippen LogP contribution in [0.4, 0.5) is 24.0 Å². The van der Waals surface area contributed by atoms with E-state index in [4.69, 9.17) is 4.74 Å². The Morgan fingerprint density at radius 1 is 0.970 bits per heavy atom. The summed E-state index contributed by atoms with van der Waals surface area (Å²) < 4.78 is 44.8. The number of aromatic nitrogens is 1. The molecule has 3 aromatic carbocycles. The molecule has 0 radical (unpaired) electrons. The Morgan fingerprint density at radius 2 is 1.67 bits per heavy atom. The van der Waals surface area contributed by atoms with Crippen LogP contribution in [0, 0.1) is 0 Å². The largest absolute Gasteiger partial charge is 0.481 e. The van der Waals surface area contributed by atoms with Crippen molar-refractivity contribution in [3.8, 4) is 22.8 Å². The Morgan fingerprint density at radius 3 is 2.33 bits per heavy atom. The first-order valence-corrected chi connectivity index (χ1v) is 10.6. The average molecular weight is 470 g/mol. The van der Waals surface area contributed by atoms with Crippen LogP contribution in [0.5, 0.6) is 11.5 Å². The van der Waals surface area contributed by atoms with E-state index in [0.717, 1.165) is 23.5 Å². The van der Waals surface area contributed by atoms with Crippen LogP contribution in [0.2, 0.25) is 0 Å². The molecule has 0 spiro atoms. The highest BCUT2D eigenvalue weighted by molar-refractivity contribution is 7.16. The minimum absolute atomic E-state index is 0.207. The maximum absolute atomic E-state index is 13.0. The molecule has 2 N–H and O–H groups in total. The van der Waals surface area contributed by atoms with E-state index in [1.165, 1.54) is 12.1 Å². The highest BCUT2D eigenvalue weighted by atomic mass is 32.1. The van der Waals surface area contributed by atoms with Crippen molar-refractivity contribution < 1.29 is 27.8 Å². The number of anilines is 2. The van der Waals surface area contributed by atoms with E-state index < -0.39 is 17.7 Å². The summed E-state index contributed by atoms with van der Waals surface area (Å²) in [6.45, 7) is 0. The summed E-state index contributed by atoms with van der Waals surface area (Å²) >= 11 is 1.08. The second-order valence-corrected chi connectivity index (χ2v) is 8.09. The number of rotatable bonds is 7. The number of halogens is 3. The molecule has 0 unspecified atom stereocenters. The summed E-state index contributed by atoms with van der Waals surface area (Å²) in [4.78, 5) is 16.3. The molecule has 0 saturated heterocycles. The number of alkyl halides is 3. The predicted molar refractivity (Wildman–Crippen MR) is 120 cm³/mol. The number of carboxylic acid groups (broad SMARTS) is 1. The smallest absolute Gasteiger partial charge is 0.416 e. The number of aliphatic carboxylic acids is 1. The lowest BCUT2D eigenvalue weighted by Crippen LogP contribution is -2.05. The third-order valence-electron chi connectivity index (χ3n) is 4.56. The Labute approximate surface area is 191 Å². The summed E-state index contributed by atoms with van der Waals surface area (Å²) in [6.07, 6.45) is -4.73. The van der Waals surface area contributed by atoms with Crippen molar-refractivity contribution in [1.29, 1.82) is 0 Å². The van der Waals surface area contributed by atoms with Crippen LogP contribution < -0.4 is 10.1 Å². The van der Waals surface area contributed by atoms with Crippen molar-refractivity contribution in [1.82, 2.24) is 4.98 Å². The van der Waals surface area contributed by atoms with Crippen molar-refractivity contribution in [2.45, 2.75) is 12.6 Å².